The largest absolute Gasteiger partial charge is 0.313 e. The Morgan fingerprint density at radius 2 is 1.63 bits per heavy atom. The Morgan fingerprint density at radius 1 is 0.947 bits per heavy atom. The minimum Gasteiger partial charge on any atom is -0.313 e. The predicted molar refractivity (Wildman–Crippen MR) is 91.5 cm³/mol. The van der Waals surface area contributed by atoms with Gasteiger partial charge in [-0.2, -0.15) is 0 Å². The van der Waals surface area contributed by atoms with Crippen molar-refractivity contribution in [3.8, 4) is 0 Å². The van der Waals surface area contributed by atoms with Gasteiger partial charge in [-0.25, -0.2) is 0 Å². The fraction of sp³-hybridized carbons (Fsp3) is 0.200. The molecule has 0 aromatic heterocycles. The van der Waals surface area contributed by atoms with Crippen LogP contribution in [0.5, 0.6) is 0 Å². The standard InChI is InChI=1S/C15H14Br3N/c1-19-15(6-10-3-2-4-12(16)5-10)11-7-13(17)9-14(18)8-11/h2-5,7-9,15,19H,6H2,1H3. The Labute approximate surface area is 139 Å². The van der Waals surface area contributed by atoms with E-state index in [4.69, 9.17) is 0 Å². The van der Waals surface area contributed by atoms with E-state index in [0.29, 0.717) is 6.04 Å². The molecule has 2 aromatic rings. The lowest BCUT2D eigenvalue weighted by Gasteiger charge is -2.18. The summed E-state index contributed by atoms with van der Waals surface area (Å²) in [6.45, 7) is 0. The lowest BCUT2D eigenvalue weighted by atomic mass is 9.99. The van der Waals surface area contributed by atoms with E-state index < -0.39 is 0 Å². The van der Waals surface area contributed by atoms with Crippen molar-refractivity contribution in [1.82, 2.24) is 5.32 Å². The van der Waals surface area contributed by atoms with E-state index in [2.05, 4.69) is 89.5 Å². The third-order valence-electron chi connectivity index (χ3n) is 2.96. The summed E-state index contributed by atoms with van der Waals surface area (Å²) in [6.07, 6.45) is 0.957. The number of likely N-dealkylation sites (N-methyl/N-ethyl adjacent to an activating group) is 1. The van der Waals surface area contributed by atoms with Gasteiger partial charge < -0.3 is 5.32 Å². The van der Waals surface area contributed by atoms with Crippen LogP contribution in [-0.4, -0.2) is 7.05 Å². The van der Waals surface area contributed by atoms with E-state index in [-0.39, 0.29) is 0 Å². The van der Waals surface area contributed by atoms with Gasteiger partial charge in [0, 0.05) is 19.5 Å². The summed E-state index contributed by atoms with van der Waals surface area (Å²) in [4.78, 5) is 0. The fourth-order valence-electron chi connectivity index (χ4n) is 2.06. The van der Waals surface area contributed by atoms with E-state index in [1.54, 1.807) is 0 Å². The summed E-state index contributed by atoms with van der Waals surface area (Å²) < 4.78 is 3.30. The van der Waals surface area contributed by atoms with Crippen LogP contribution in [-0.2, 0) is 6.42 Å². The minimum absolute atomic E-state index is 0.295. The molecular formula is C15H14Br3N. The fourth-order valence-corrected chi connectivity index (χ4v) is 3.84. The Bertz CT molecular complexity index is 549. The predicted octanol–water partition coefficient (Wildman–Crippen LogP) is 5.48. The first-order valence-electron chi connectivity index (χ1n) is 5.96. The Hall–Kier alpha value is -0.160. The van der Waals surface area contributed by atoms with Crippen molar-refractivity contribution in [3.05, 3.63) is 67.0 Å². The minimum atomic E-state index is 0.295. The highest BCUT2D eigenvalue weighted by atomic mass is 79.9. The summed E-state index contributed by atoms with van der Waals surface area (Å²) in [6, 6.07) is 15.1. The lowest BCUT2D eigenvalue weighted by molar-refractivity contribution is 0.591. The van der Waals surface area contributed by atoms with Crippen LogP contribution >= 0.6 is 47.8 Å². The van der Waals surface area contributed by atoms with Gasteiger partial charge >= 0.3 is 0 Å². The van der Waals surface area contributed by atoms with Crippen LogP contribution in [0.15, 0.2) is 55.9 Å². The van der Waals surface area contributed by atoms with Gasteiger partial charge in [-0.1, -0.05) is 59.9 Å². The molecule has 0 radical (unpaired) electrons. The first-order valence-corrected chi connectivity index (χ1v) is 8.34. The van der Waals surface area contributed by atoms with E-state index in [0.717, 1.165) is 19.8 Å². The van der Waals surface area contributed by atoms with Gasteiger partial charge in [-0.15, -0.1) is 0 Å². The molecule has 0 aliphatic heterocycles. The molecule has 0 heterocycles. The Morgan fingerprint density at radius 3 is 2.21 bits per heavy atom. The number of rotatable bonds is 4. The molecule has 0 bridgehead atoms. The summed E-state index contributed by atoms with van der Waals surface area (Å²) in [5.74, 6) is 0. The highest BCUT2D eigenvalue weighted by molar-refractivity contribution is 9.11. The van der Waals surface area contributed by atoms with Crippen LogP contribution < -0.4 is 5.32 Å². The molecule has 1 atom stereocenters. The highest BCUT2D eigenvalue weighted by Crippen LogP contribution is 2.26. The van der Waals surface area contributed by atoms with Crippen LogP contribution in [0.3, 0.4) is 0 Å². The third-order valence-corrected chi connectivity index (χ3v) is 4.37. The van der Waals surface area contributed by atoms with Crippen LogP contribution in [0.1, 0.15) is 17.2 Å². The number of hydrogen-bond acceptors (Lipinski definition) is 1. The van der Waals surface area contributed by atoms with Gasteiger partial charge in [-0.3, -0.25) is 0 Å². The summed E-state index contributed by atoms with van der Waals surface area (Å²) in [5.41, 5.74) is 2.58. The molecular weight excluding hydrogens is 434 g/mol. The second-order valence-corrected chi connectivity index (χ2v) is 7.13. The van der Waals surface area contributed by atoms with E-state index >= 15 is 0 Å². The van der Waals surface area contributed by atoms with Crippen molar-refractivity contribution in [2.24, 2.45) is 0 Å². The zero-order valence-electron chi connectivity index (χ0n) is 10.5. The molecule has 1 nitrogen and oxygen atoms in total. The van der Waals surface area contributed by atoms with E-state index in [1.807, 2.05) is 13.1 Å². The second-order valence-electron chi connectivity index (χ2n) is 4.38. The van der Waals surface area contributed by atoms with Crippen LogP contribution in [0.25, 0.3) is 0 Å². The normalized spacial score (nSPS) is 12.4. The van der Waals surface area contributed by atoms with Crippen molar-refractivity contribution in [2.45, 2.75) is 12.5 Å². The van der Waals surface area contributed by atoms with Gasteiger partial charge in [0.25, 0.3) is 0 Å². The van der Waals surface area contributed by atoms with Crippen molar-refractivity contribution in [3.63, 3.8) is 0 Å². The van der Waals surface area contributed by atoms with Crippen molar-refractivity contribution >= 4 is 47.8 Å². The molecule has 2 rings (SSSR count). The maximum Gasteiger partial charge on any atom is 0.0359 e. The number of hydrogen-bond donors (Lipinski definition) is 1. The summed E-state index contributed by atoms with van der Waals surface area (Å²) >= 11 is 10.6. The Kier molecular flexibility index (Phi) is 5.63. The molecule has 4 heteroatoms. The monoisotopic (exact) mass is 445 g/mol. The molecule has 1 N–H and O–H groups in total. The zero-order chi connectivity index (χ0) is 13.8. The molecule has 0 saturated carbocycles. The van der Waals surface area contributed by atoms with Crippen molar-refractivity contribution in [1.29, 1.82) is 0 Å². The number of benzene rings is 2. The highest BCUT2D eigenvalue weighted by Gasteiger charge is 2.11. The second kappa shape index (κ2) is 7.02. The summed E-state index contributed by atoms with van der Waals surface area (Å²) in [5, 5.41) is 3.38. The van der Waals surface area contributed by atoms with Crippen LogP contribution in [0.2, 0.25) is 0 Å². The summed E-state index contributed by atoms with van der Waals surface area (Å²) in [7, 11) is 2.00. The van der Waals surface area contributed by atoms with E-state index in [9.17, 15) is 0 Å². The first-order chi connectivity index (χ1) is 9.08. The average Bonchev–Trinajstić information content (AvgIpc) is 2.34. The smallest absolute Gasteiger partial charge is 0.0359 e. The lowest BCUT2D eigenvalue weighted by Crippen LogP contribution is -2.18. The SMILES string of the molecule is CNC(Cc1cccc(Br)c1)c1cc(Br)cc(Br)c1. The molecule has 0 aliphatic carbocycles. The maximum atomic E-state index is 3.54. The van der Waals surface area contributed by atoms with Crippen LogP contribution in [0.4, 0.5) is 0 Å². The van der Waals surface area contributed by atoms with Crippen molar-refractivity contribution in [2.75, 3.05) is 7.05 Å². The zero-order valence-corrected chi connectivity index (χ0v) is 15.2. The quantitative estimate of drug-likeness (QED) is 0.654. The molecule has 19 heavy (non-hydrogen) atoms. The van der Waals surface area contributed by atoms with E-state index in [1.165, 1.54) is 11.1 Å². The molecule has 0 aliphatic rings. The van der Waals surface area contributed by atoms with Crippen LogP contribution in [0, 0.1) is 0 Å². The van der Waals surface area contributed by atoms with Gasteiger partial charge in [0.1, 0.15) is 0 Å². The first kappa shape index (κ1) is 15.2. The average molecular weight is 448 g/mol. The topological polar surface area (TPSA) is 12.0 Å². The number of nitrogens with one attached hydrogen (secondary N) is 1. The van der Waals surface area contributed by atoms with Gasteiger partial charge in [-0.05, 0) is 54.9 Å². The third kappa shape index (κ3) is 4.42. The molecule has 0 fully saturated rings. The van der Waals surface area contributed by atoms with Gasteiger partial charge in [0.05, 0.1) is 0 Å². The molecule has 100 valence electrons. The number of halogens is 3. The van der Waals surface area contributed by atoms with Gasteiger partial charge in [0.15, 0.2) is 0 Å². The molecule has 0 spiro atoms. The maximum absolute atomic E-state index is 3.54. The molecule has 2 aromatic carbocycles. The van der Waals surface area contributed by atoms with Crippen molar-refractivity contribution < 1.29 is 0 Å². The molecule has 1 unspecified atom stereocenters. The Balaban J connectivity index is 2.24. The molecule has 0 amide bonds. The molecule has 0 saturated heterocycles. The van der Waals surface area contributed by atoms with Gasteiger partial charge in [0.2, 0.25) is 0 Å².